The van der Waals surface area contributed by atoms with E-state index in [0.717, 1.165) is 45.0 Å². The monoisotopic (exact) mass is 238 g/mol. The second kappa shape index (κ2) is 6.14. The van der Waals surface area contributed by atoms with E-state index in [1.165, 1.54) is 0 Å². The largest absolute Gasteiger partial charge is 0.379 e. The summed E-state index contributed by atoms with van der Waals surface area (Å²) in [6, 6.07) is 2.56. The molecule has 1 saturated heterocycles. The lowest BCUT2D eigenvalue weighted by Gasteiger charge is -2.26. The molecule has 17 heavy (non-hydrogen) atoms. The highest BCUT2D eigenvalue weighted by Gasteiger charge is 2.10. The van der Waals surface area contributed by atoms with Crippen LogP contribution in [0.15, 0.2) is 12.3 Å². The van der Waals surface area contributed by atoms with Crippen LogP contribution in [0, 0.1) is 0 Å². The maximum atomic E-state index is 5.30. The zero-order valence-electron chi connectivity index (χ0n) is 10.7. The molecule has 96 valence electrons. The third-order valence-corrected chi connectivity index (χ3v) is 3.20. The van der Waals surface area contributed by atoms with Gasteiger partial charge in [0.15, 0.2) is 0 Å². The second-order valence-corrected chi connectivity index (χ2v) is 4.48. The first-order valence-electron chi connectivity index (χ1n) is 6.40. The Hall–Kier alpha value is -0.910. The molecule has 5 heteroatoms. The number of rotatable bonds is 5. The van der Waals surface area contributed by atoms with Gasteiger partial charge in [-0.05, 0) is 19.4 Å². The number of morpholine rings is 1. The van der Waals surface area contributed by atoms with Crippen molar-refractivity contribution in [1.29, 1.82) is 0 Å². The van der Waals surface area contributed by atoms with Gasteiger partial charge in [-0.1, -0.05) is 6.92 Å². The van der Waals surface area contributed by atoms with Crippen LogP contribution in [0.5, 0.6) is 0 Å². The fourth-order valence-electron chi connectivity index (χ4n) is 1.82. The van der Waals surface area contributed by atoms with Crippen molar-refractivity contribution in [2.24, 2.45) is 0 Å². The van der Waals surface area contributed by atoms with Crippen LogP contribution in [0.2, 0.25) is 0 Å². The third kappa shape index (κ3) is 3.52. The van der Waals surface area contributed by atoms with Crippen molar-refractivity contribution >= 4 is 0 Å². The molecule has 1 atom stereocenters. The molecule has 0 amide bonds. The van der Waals surface area contributed by atoms with E-state index in [0.29, 0.717) is 6.04 Å². The SMILES string of the molecule is CCC(C)n1ccc(CNN2CCOCC2)n1. The van der Waals surface area contributed by atoms with E-state index in [2.05, 4.69) is 41.6 Å². The molecule has 1 N–H and O–H groups in total. The molecule has 1 fully saturated rings. The van der Waals surface area contributed by atoms with Gasteiger partial charge >= 0.3 is 0 Å². The number of hydrazine groups is 1. The van der Waals surface area contributed by atoms with Gasteiger partial charge in [-0.3, -0.25) is 4.68 Å². The van der Waals surface area contributed by atoms with Gasteiger partial charge in [0.05, 0.1) is 25.5 Å². The first-order chi connectivity index (χ1) is 8.29. The summed E-state index contributed by atoms with van der Waals surface area (Å²) in [5, 5.41) is 6.76. The molecule has 2 rings (SSSR count). The normalized spacial score (nSPS) is 19.4. The molecule has 0 spiro atoms. The van der Waals surface area contributed by atoms with Crippen LogP contribution < -0.4 is 5.43 Å². The van der Waals surface area contributed by atoms with Crippen molar-refractivity contribution in [3.63, 3.8) is 0 Å². The van der Waals surface area contributed by atoms with Crippen LogP contribution in [-0.4, -0.2) is 41.1 Å². The Morgan fingerprint density at radius 3 is 2.94 bits per heavy atom. The van der Waals surface area contributed by atoms with E-state index in [9.17, 15) is 0 Å². The second-order valence-electron chi connectivity index (χ2n) is 4.48. The summed E-state index contributed by atoms with van der Waals surface area (Å²) in [7, 11) is 0. The van der Waals surface area contributed by atoms with Crippen LogP contribution in [0.1, 0.15) is 32.0 Å². The Kier molecular flexibility index (Phi) is 4.53. The zero-order chi connectivity index (χ0) is 12.1. The van der Waals surface area contributed by atoms with Gasteiger partial charge in [0.1, 0.15) is 0 Å². The predicted octanol–water partition coefficient (Wildman–Crippen LogP) is 1.19. The van der Waals surface area contributed by atoms with E-state index in [4.69, 9.17) is 4.74 Å². The average molecular weight is 238 g/mol. The number of nitrogens with one attached hydrogen (secondary N) is 1. The van der Waals surface area contributed by atoms with Gasteiger partial charge in [0, 0.05) is 25.3 Å². The smallest absolute Gasteiger partial charge is 0.0776 e. The van der Waals surface area contributed by atoms with Crippen molar-refractivity contribution in [2.75, 3.05) is 26.3 Å². The van der Waals surface area contributed by atoms with Crippen LogP contribution in [0.3, 0.4) is 0 Å². The summed E-state index contributed by atoms with van der Waals surface area (Å²) in [5.41, 5.74) is 4.48. The van der Waals surface area contributed by atoms with E-state index in [1.807, 2.05) is 4.68 Å². The van der Waals surface area contributed by atoms with Gasteiger partial charge in [0.25, 0.3) is 0 Å². The molecular weight excluding hydrogens is 216 g/mol. The van der Waals surface area contributed by atoms with Crippen molar-refractivity contribution in [3.05, 3.63) is 18.0 Å². The topological polar surface area (TPSA) is 42.3 Å². The van der Waals surface area contributed by atoms with E-state index < -0.39 is 0 Å². The molecule has 1 aliphatic rings. The van der Waals surface area contributed by atoms with Crippen LogP contribution in [0.4, 0.5) is 0 Å². The Morgan fingerprint density at radius 2 is 2.24 bits per heavy atom. The molecule has 5 nitrogen and oxygen atoms in total. The van der Waals surface area contributed by atoms with Crippen molar-refractivity contribution in [3.8, 4) is 0 Å². The lowest BCUT2D eigenvalue weighted by molar-refractivity contribution is 0.0103. The highest BCUT2D eigenvalue weighted by Crippen LogP contribution is 2.09. The quantitative estimate of drug-likeness (QED) is 0.837. The fraction of sp³-hybridized carbons (Fsp3) is 0.750. The number of ether oxygens (including phenoxy) is 1. The van der Waals surface area contributed by atoms with Gasteiger partial charge in [-0.15, -0.1) is 0 Å². The molecule has 0 aliphatic carbocycles. The van der Waals surface area contributed by atoms with Gasteiger partial charge in [0.2, 0.25) is 0 Å². The van der Waals surface area contributed by atoms with E-state index in [1.54, 1.807) is 0 Å². The molecule has 1 aliphatic heterocycles. The van der Waals surface area contributed by atoms with Crippen LogP contribution in [0.25, 0.3) is 0 Å². The molecule has 1 aromatic heterocycles. The first-order valence-corrected chi connectivity index (χ1v) is 6.40. The van der Waals surface area contributed by atoms with Gasteiger partial charge in [-0.2, -0.15) is 5.10 Å². The Morgan fingerprint density at radius 1 is 1.47 bits per heavy atom. The maximum absolute atomic E-state index is 5.30. The number of aromatic nitrogens is 2. The maximum Gasteiger partial charge on any atom is 0.0776 e. The molecule has 0 saturated carbocycles. The van der Waals surface area contributed by atoms with Crippen LogP contribution in [-0.2, 0) is 11.3 Å². The fourth-order valence-corrected chi connectivity index (χ4v) is 1.82. The van der Waals surface area contributed by atoms with Gasteiger partial charge < -0.3 is 4.74 Å². The minimum atomic E-state index is 0.479. The predicted molar refractivity (Wildman–Crippen MR) is 66.5 cm³/mol. The number of hydrogen-bond donors (Lipinski definition) is 1. The van der Waals surface area contributed by atoms with E-state index in [-0.39, 0.29) is 0 Å². The summed E-state index contributed by atoms with van der Waals surface area (Å²) in [6.45, 7) is 8.69. The average Bonchev–Trinajstić information content (AvgIpc) is 2.85. The minimum Gasteiger partial charge on any atom is -0.379 e. The summed E-state index contributed by atoms with van der Waals surface area (Å²) in [6.07, 6.45) is 3.17. The van der Waals surface area contributed by atoms with Crippen molar-refractivity contribution in [1.82, 2.24) is 20.2 Å². The molecule has 0 aromatic carbocycles. The Labute approximate surface area is 103 Å². The standard InChI is InChI=1S/C12H22N4O/c1-3-11(2)16-5-4-12(14-16)10-13-15-6-8-17-9-7-15/h4-5,11,13H,3,6-10H2,1-2H3. The highest BCUT2D eigenvalue weighted by atomic mass is 16.5. The lowest BCUT2D eigenvalue weighted by atomic mass is 10.3. The number of hydrogen-bond acceptors (Lipinski definition) is 4. The molecule has 0 bridgehead atoms. The summed E-state index contributed by atoms with van der Waals surface area (Å²) < 4.78 is 7.34. The molecule has 2 heterocycles. The molecule has 0 radical (unpaired) electrons. The highest BCUT2D eigenvalue weighted by molar-refractivity contribution is 4.99. The van der Waals surface area contributed by atoms with Gasteiger partial charge in [-0.25, -0.2) is 10.4 Å². The Bertz CT molecular complexity index is 333. The summed E-state index contributed by atoms with van der Waals surface area (Å²) >= 11 is 0. The molecular formula is C12H22N4O. The van der Waals surface area contributed by atoms with Crippen LogP contribution >= 0.6 is 0 Å². The third-order valence-electron chi connectivity index (χ3n) is 3.20. The van der Waals surface area contributed by atoms with E-state index >= 15 is 0 Å². The zero-order valence-corrected chi connectivity index (χ0v) is 10.7. The lowest BCUT2D eigenvalue weighted by Crippen LogP contribution is -2.45. The summed E-state index contributed by atoms with van der Waals surface area (Å²) in [4.78, 5) is 0. The minimum absolute atomic E-state index is 0.479. The first kappa shape index (κ1) is 12.5. The van der Waals surface area contributed by atoms with Crippen molar-refractivity contribution < 1.29 is 4.74 Å². The Balaban J connectivity index is 1.80. The summed E-state index contributed by atoms with van der Waals surface area (Å²) in [5.74, 6) is 0. The number of nitrogens with zero attached hydrogens (tertiary/aromatic N) is 3. The molecule has 1 aromatic rings. The van der Waals surface area contributed by atoms with Crippen molar-refractivity contribution in [2.45, 2.75) is 32.9 Å². The molecule has 1 unspecified atom stereocenters.